The number of hydrogen-bond donors (Lipinski definition) is 0. The van der Waals surface area contributed by atoms with E-state index in [0.29, 0.717) is 18.6 Å². The van der Waals surface area contributed by atoms with Crippen molar-refractivity contribution in [3.63, 3.8) is 0 Å². The maximum Gasteiger partial charge on any atom is 0.270 e. The van der Waals surface area contributed by atoms with E-state index in [0.717, 1.165) is 16.8 Å². The highest BCUT2D eigenvalue weighted by molar-refractivity contribution is 5.82. The van der Waals surface area contributed by atoms with Crippen LogP contribution in [0, 0.1) is 15.9 Å². The molecule has 0 aliphatic carbocycles. The minimum Gasteiger partial charge on any atom is -0.367 e. The van der Waals surface area contributed by atoms with Gasteiger partial charge in [-0.05, 0) is 42.8 Å². The molecule has 6 nitrogen and oxygen atoms in total. The quantitative estimate of drug-likeness (QED) is 0.511. The zero-order chi connectivity index (χ0) is 19.0. The van der Waals surface area contributed by atoms with Crippen molar-refractivity contribution in [1.82, 2.24) is 4.98 Å². The Balaban J connectivity index is 1.62. The molecule has 1 aromatic heterocycles. The fraction of sp³-hybridized carbons (Fsp3) is 0.250. The summed E-state index contributed by atoms with van der Waals surface area (Å²) in [5.74, 6) is 0.517. The van der Waals surface area contributed by atoms with Crippen molar-refractivity contribution in [1.29, 1.82) is 0 Å². The third kappa shape index (κ3) is 3.59. The van der Waals surface area contributed by atoms with Gasteiger partial charge in [0.05, 0.1) is 16.5 Å². The number of aromatic nitrogens is 1. The lowest BCUT2D eigenvalue weighted by atomic mass is 10.1. The van der Waals surface area contributed by atoms with Crippen LogP contribution in [0.15, 0.2) is 54.6 Å². The smallest absolute Gasteiger partial charge is 0.270 e. The number of nitro groups is 1. The maximum atomic E-state index is 13.2. The van der Waals surface area contributed by atoms with Crippen LogP contribution in [0.25, 0.3) is 10.9 Å². The monoisotopic (exact) mass is 367 g/mol. The van der Waals surface area contributed by atoms with Crippen LogP contribution in [0.1, 0.15) is 18.6 Å². The van der Waals surface area contributed by atoms with Crippen LogP contribution in [-0.2, 0) is 4.74 Å². The second-order valence-corrected chi connectivity index (χ2v) is 6.70. The summed E-state index contributed by atoms with van der Waals surface area (Å²) >= 11 is 0. The van der Waals surface area contributed by atoms with Gasteiger partial charge in [0.1, 0.15) is 17.7 Å². The van der Waals surface area contributed by atoms with Gasteiger partial charge in [0.2, 0.25) is 0 Å². The summed E-state index contributed by atoms with van der Waals surface area (Å²) in [5, 5.41) is 11.7. The van der Waals surface area contributed by atoms with Gasteiger partial charge >= 0.3 is 0 Å². The molecule has 3 aromatic rings. The van der Waals surface area contributed by atoms with Gasteiger partial charge in [-0.1, -0.05) is 12.1 Å². The maximum absolute atomic E-state index is 13.2. The zero-order valence-electron chi connectivity index (χ0n) is 14.7. The predicted molar refractivity (Wildman–Crippen MR) is 100 cm³/mol. The number of benzene rings is 2. The molecule has 4 rings (SSSR count). The first-order chi connectivity index (χ1) is 13.0. The minimum absolute atomic E-state index is 0.0110. The molecule has 0 N–H and O–H groups in total. The second kappa shape index (κ2) is 6.92. The molecule has 0 amide bonds. The fourth-order valence-electron chi connectivity index (χ4n) is 3.39. The number of fused-ring (bicyclic) bond motifs is 1. The Morgan fingerprint density at radius 2 is 1.93 bits per heavy atom. The molecule has 138 valence electrons. The molecule has 0 bridgehead atoms. The fourth-order valence-corrected chi connectivity index (χ4v) is 3.39. The van der Waals surface area contributed by atoms with E-state index < -0.39 is 4.92 Å². The molecule has 2 aromatic carbocycles. The molecule has 1 saturated heterocycles. The van der Waals surface area contributed by atoms with Gasteiger partial charge in [0, 0.05) is 30.6 Å². The van der Waals surface area contributed by atoms with E-state index in [-0.39, 0.29) is 23.7 Å². The van der Waals surface area contributed by atoms with E-state index in [9.17, 15) is 14.5 Å². The Morgan fingerprint density at radius 3 is 2.67 bits per heavy atom. The topological polar surface area (TPSA) is 68.5 Å². The Kier molecular flexibility index (Phi) is 4.45. The van der Waals surface area contributed by atoms with Crippen LogP contribution in [-0.4, -0.2) is 29.1 Å². The Labute approximate surface area is 155 Å². The lowest BCUT2D eigenvalue weighted by molar-refractivity contribution is -0.384. The number of morpholine rings is 1. The molecule has 2 unspecified atom stereocenters. The van der Waals surface area contributed by atoms with Crippen molar-refractivity contribution in [2.45, 2.75) is 19.1 Å². The first-order valence-electron chi connectivity index (χ1n) is 8.71. The Morgan fingerprint density at radius 1 is 1.15 bits per heavy atom. The van der Waals surface area contributed by atoms with Crippen molar-refractivity contribution in [3.8, 4) is 0 Å². The average Bonchev–Trinajstić information content (AvgIpc) is 2.67. The number of nitro benzene ring substituents is 1. The van der Waals surface area contributed by atoms with Gasteiger partial charge in [-0.25, -0.2) is 9.37 Å². The van der Waals surface area contributed by atoms with Crippen molar-refractivity contribution >= 4 is 22.4 Å². The van der Waals surface area contributed by atoms with Gasteiger partial charge in [-0.15, -0.1) is 0 Å². The zero-order valence-corrected chi connectivity index (χ0v) is 14.7. The van der Waals surface area contributed by atoms with E-state index >= 15 is 0 Å². The molecular formula is C20H18FN3O3. The third-order valence-corrected chi connectivity index (χ3v) is 4.69. The summed E-state index contributed by atoms with van der Waals surface area (Å²) in [6.45, 7) is 3.28. The van der Waals surface area contributed by atoms with Gasteiger partial charge in [-0.2, -0.15) is 0 Å². The van der Waals surface area contributed by atoms with Crippen LogP contribution in [0.3, 0.4) is 0 Å². The lowest BCUT2D eigenvalue weighted by Crippen LogP contribution is -2.43. The molecule has 1 aliphatic rings. The molecule has 0 radical (unpaired) electrons. The molecular weight excluding hydrogens is 349 g/mol. The van der Waals surface area contributed by atoms with Gasteiger partial charge < -0.3 is 9.64 Å². The van der Waals surface area contributed by atoms with Crippen molar-refractivity contribution in [2.75, 3.05) is 18.0 Å². The summed E-state index contributed by atoms with van der Waals surface area (Å²) in [7, 11) is 0. The molecule has 2 atom stereocenters. The Bertz CT molecular complexity index is 993. The standard InChI is InChI=1S/C20H18FN3O3/c1-13-11-23(12-19(27-13)14-2-5-16(21)6-3-14)20-9-4-15-10-17(24(25)26)7-8-18(15)22-20/h2-10,13,19H,11-12H2,1H3. The highest BCUT2D eigenvalue weighted by atomic mass is 19.1. The number of rotatable bonds is 3. The van der Waals surface area contributed by atoms with Gasteiger partial charge in [0.15, 0.2) is 0 Å². The molecule has 27 heavy (non-hydrogen) atoms. The van der Waals surface area contributed by atoms with Crippen molar-refractivity contribution in [2.24, 2.45) is 0 Å². The van der Waals surface area contributed by atoms with E-state index in [1.807, 2.05) is 19.1 Å². The summed E-state index contributed by atoms with van der Waals surface area (Å²) in [4.78, 5) is 17.3. The number of non-ortho nitro benzene ring substituents is 1. The van der Waals surface area contributed by atoms with Crippen molar-refractivity contribution in [3.05, 3.63) is 76.1 Å². The van der Waals surface area contributed by atoms with Crippen molar-refractivity contribution < 1.29 is 14.1 Å². The van der Waals surface area contributed by atoms with Crippen LogP contribution >= 0.6 is 0 Å². The molecule has 2 heterocycles. The molecule has 0 saturated carbocycles. The lowest BCUT2D eigenvalue weighted by Gasteiger charge is -2.37. The van der Waals surface area contributed by atoms with Crippen LogP contribution in [0.5, 0.6) is 0 Å². The summed E-state index contributed by atoms with van der Waals surface area (Å²) < 4.78 is 19.2. The van der Waals surface area contributed by atoms with E-state index in [2.05, 4.69) is 9.88 Å². The first-order valence-corrected chi connectivity index (χ1v) is 8.71. The average molecular weight is 367 g/mol. The largest absolute Gasteiger partial charge is 0.367 e. The number of hydrogen-bond acceptors (Lipinski definition) is 5. The van der Waals surface area contributed by atoms with Crippen LogP contribution in [0.4, 0.5) is 15.9 Å². The summed E-state index contributed by atoms with van der Waals surface area (Å²) in [5.41, 5.74) is 1.67. The second-order valence-electron chi connectivity index (χ2n) is 6.70. The van der Waals surface area contributed by atoms with Crippen LogP contribution < -0.4 is 4.90 Å². The van der Waals surface area contributed by atoms with E-state index in [1.165, 1.54) is 24.3 Å². The molecule has 7 heteroatoms. The molecule has 1 aliphatic heterocycles. The van der Waals surface area contributed by atoms with Crippen LogP contribution in [0.2, 0.25) is 0 Å². The third-order valence-electron chi connectivity index (χ3n) is 4.69. The Hall–Kier alpha value is -3.06. The summed E-state index contributed by atoms with van der Waals surface area (Å²) in [6, 6.07) is 14.7. The SMILES string of the molecule is CC1CN(c2ccc3cc([N+](=O)[O-])ccc3n2)CC(c2ccc(F)cc2)O1. The summed E-state index contributed by atoms with van der Waals surface area (Å²) in [6.07, 6.45) is -0.188. The number of nitrogens with zero attached hydrogens (tertiary/aromatic N) is 3. The number of anilines is 1. The molecule has 1 fully saturated rings. The minimum atomic E-state index is -0.412. The number of ether oxygens (including phenoxy) is 1. The predicted octanol–water partition coefficient (Wildman–Crippen LogP) is 4.25. The normalized spacial score (nSPS) is 20.0. The van der Waals surface area contributed by atoms with E-state index in [1.54, 1.807) is 18.2 Å². The highest BCUT2D eigenvalue weighted by Gasteiger charge is 2.27. The number of halogens is 1. The van der Waals surface area contributed by atoms with E-state index in [4.69, 9.17) is 4.74 Å². The highest BCUT2D eigenvalue weighted by Crippen LogP contribution is 2.29. The van der Waals surface area contributed by atoms with Gasteiger partial charge in [-0.3, -0.25) is 10.1 Å². The first kappa shape index (κ1) is 17.4. The molecule has 0 spiro atoms. The van der Waals surface area contributed by atoms with Gasteiger partial charge in [0.25, 0.3) is 5.69 Å². The number of pyridine rings is 1.